The van der Waals surface area contributed by atoms with E-state index >= 15 is 0 Å². The lowest BCUT2D eigenvalue weighted by Gasteiger charge is -2.12. The molecule has 9 nitrogen and oxygen atoms in total. The molecule has 3 aromatic rings. The van der Waals surface area contributed by atoms with Gasteiger partial charge in [0.15, 0.2) is 0 Å². The van der Waals surface area contributed by atoms with Crippen LogP contribution in [-0.2, 0) is 9.59 Å². The molecule has 1 saturated heterocycles. The predicted molar refractivity (Wildman–Crippen MR) is 136 cm³/mol. The quantitative estimate of drug-likeness (QED) is 0.193. The smallest absolute Gasteiger partial charge is 0.294 e. The highest BCUT2D eigenvalue weighted by molar-refractivity contribution is 9.10. The van der Waals surface area contributed by atoms with Crippen LogP contribution in [0.2, 0.25) is 10.0 Å². The molecule has 1 aromatic heterocycles. The molecule has 0 radical (unpaired) electrons. The second-order valence-electron chi connectivity index (χ2n) is 7.07. The molecule has 3 amide bonds. The topological polar surface area (TPSA) is 123 Å². The van der Waals surface area contributed by atoms with E-state index in [2.05, 4.69) is 21.2 Å². The number of halogens is 3. The van der Waals surface area contributed by atoms with Crippen LogP contribution < -0.4 is 5.32 Å². The van der Waals surface area contributed by atoms with Crippen LogP contribution >= 0.6 is 50.9 Å². The van der Waals surface area contributed by atoms with Gasteiger partial charge in [0.1, 0.15) is 23.1 Å². The van der Waals surface area contributed by atoms with E-state index in [-0.39, 0.29) is 21.4 Å². The number of benzene rings is 2. The molecule has 178 valence electrons. The van der Waals surface area contributed by atoms with Gasteiger partial charge in [-0.15, -0.1) is 0 Å². The van der Waals surface area contributed by atoms with Crippen molar-refractivity contribution in [3.05, 3.63) is 83.8 Å². The molecule has 0 bridgehead atoms. The van der Waals surface area contributed by atoms with Gasteiger partial charge >= 0.3 is 0 Å². The Balaban J connectivity index is 1.47. The first-order valence-electron chi connectivity index (χ1n) is 9.67. The number of nitro benzene ring substituents is 1. The molecule has 0 unspecified atom stereocenters. The zero-order valence-electron chi connectivity index (χ0n) is 17.3. The fraction of sp³-hybridized carbons (Fsp3) is 0.0455. The molecule has 0 saturated carbocycles. The lowest BCUT2D eigenvalue weighted by molar-refractivity contribution is -0.384. The highest BCUT2D eigenvalue weighted by Crippen LogP contribution is 2.35. The Morgan fingerprint density at radius 2 is 1.91 bits per heavy atom. The summed E-state index contributed by atoms with van der Waals surface area (Å²) in [6.45, 7) is -0.479. The van der Waals surface area contributed by atoms with Crippen LogP contribution in [0.25, 0.3) is 17.4 Å². The Bertz CT molecular complexity index is 1420. The number of nitrogens with zero attached hydrogens (tertiary/aromatic N) is 2. The predicted octanol–water partition coefficient (Wildman–Crippen LogP) is 6.60. The minimum Gasteiger partial charge on any atom is -0.457 e. The summed E-state index contributed by atoms with van der Waals surface area (Å²) in [4.78, 5) is 48.8. The van der Waals surface area contributed by atoms with Gasteiger partial charge in [0.05, 0.1) is 14.9 Å². The minimum atomic E-state index is -0.649. The molecule has 1 fully saturated rings. The number of amides is 3. The molecule has 2 aromatic carbocycles. The van der Waals surface area contributed by atoms with Crippen LogP contribution in [0.15, 0.2) is 62.3 Å². The third kappa shape index (κ3) is 5.59. The Hall–Kier alpha value is -3.12. The van der Waals surface area contributed by atoms with Gasteiger partial charge in [-0.3, -0.25) is 29.4 Å². The maximum atomic E-state index is 12.7. The molecule has 0 aliphatic carbocycles. The summed E-state index contributed by atoms with van der Waals surface area (Å²) in [7, 11) is 0. The average Bonchev–Trinajstić information content (AvgIpc) is 3.37. The number of hydrogen-bond acceptors (Lipinski definition) is 7. The van der Waals surface area contributed by atoms with E-state index in [1.165, 1.54) is 24.3 Å². The van der Waals surface area contributed by atoms with Crippen molar-refractivity contribution in [1.29, 1.82) is 0 Å². The molecule has 1 aliphatic heterocycles. The second kappa shape index (κ2) is 10.2. The van der Waals surface area contributed by atoms with Crippen LogP contribution in [0.5, 0.6) is 0 Å². The van der Waals surface area contributed by atoms with Gasteiger partial charge in [0, 0.05) is 27.9 Å². The third-order valence-corrected chi connectivity index (χ3v) is 7.17. The fourth-order valence-electron chi connectivity index (χ4n) is 3.07. The first-order valence-corrected chi connectivity index (χ1v) is 12.0. The van der Waals surface area contributed by atoms with Crippen molar-refractivity contribution in [1.82, 2.24) is 4.90 Å². The zero-order valence-corrected chi connectivity index (χ0v) is 21.2. The van der Waals surface area contributed by atoms with Crippen LogP contribution in [0.3, 0.4) is 0 Å². The van der Waals surface area contributed by atoms with E-state index in [1.54, 1.807) is 30.3 Å². The highest BCUT2D eigenvalue weighted by atomic mass is 79.9. The van der Waals surface area contributed by atoms with Crippen LogP contribution in [-0.4, -0.2) is 33.4 Å². The number of nitrogens with one attached hydrogen (secondary N) is 1. The molecule has 0 spiro atoms. The van der Waals surface area contributed by atoms with Crippen molar-refractivity contribution in [2.45, 2.75) is 0 Å². The summed E-state index contributed by atoms with van der Waals surface area (Å²) in [6.07, 6.45) is 1.37. The van der Waals surface area contributed by atoms with Crippen LogP contribution in [0.4, 0.5) is 16.2 Å². The number of carbonyl (C=O) groups is 3. The Morgan fingerprint density at radius 1 is 1.14 bits per heavy atom. The number of furan rings is 1. The molecule has 35 heavy (non-hydrogen) atoms. The van der Waals surface area contributed by atoms with Gasteiger partial charge < -0.3 is 9.73 Å². The molecule has 13 heteroatoms. The normalized spacial score (nSPS) is 14.6. The van der Waals surface area contributed by atoms with E-state index < -0.39 is 28.5 Å². The maximum absolute atomic E-state index is 12.7. The van der Waals surface area contributed by atoms with Gasteiger partial charge in [-0.05, 0) is 70.2 Å². The lowest BCUT2D eigenvalue weighted by Crippen LogP contribution is -2.36. The molecule has 0 atom stereocenters. The fourth-order valence-corrected chi connectivity index (χ4v) is 4.51. The van der Waals surface area contributed by atoms with Crippen molar-refractivity contribution in [3.63, 3.8) is 0 Å². The summed E-state index contributed by atoms with van der Waals surface area (Å²) < 4.78 is 6.33. The summed E-state index contributed by atoms with van der Waals surface area (Å²) in [6, 6.07) is 12.1. The summed E-state index contributed by atoms with van der Waals surface area (Å²) >= 11 is 15.8. The highest BCUT2D eigenvalue weighted by Gasteiger charge is 2.36. The number of anilines is 1. The van der Waals surface area contributed by atoms with Crippen LogP contribution in [0, 0.1) is 10.1 Å². The summed E-state index contributed by atoms with van der Waals surface area (Å²) in [5.41, 5.74) is 0.557. The van der Waals surface area contributed by atoms with Crippen LogP contribution in [0.1, 0.15) is 5.76 Å². The Labute approximate surface area is 220 Å². The van der Waals surface area contributed by atoms with Crippen molar-refractivity contribution in [2.24, 2.45) is 0 Å². The Kier molecular flexibility index (Phi) is 7.31. The number of nitro groups is 1. The molecule has 1 aliphatic rings. The Morgan fingerprint density at radius 3 is 2.63 bits per heavy atom. The average molecular weight is 597 g/mol. The zero-order chi connectivity index (χ0) is 25.3. The van der Waals surface area contributed by atoms with E-state index in [9.17, 15) is 24.5 Å². The largest absolute Gasteiger partial charge is 0.457 e. The first kappa shape index (κ1) is 25.0. The SMILES string of the molecule is O=C(CN1C(=O)S/C(=C/c2ccc(-c3ccc(Cl)c([N+](=O)[O-])c3)o2)C1=O)Nc1ccc(Br)c(Cl)c1. The first-order chi connectivity index (χ1) is 16.6. The number of rotatable bonds is 6. The molecule has 1 N–H and O–H groups in total. The molecular weight excluding hydrogens is 585 g/mol. The van der Waals surface area contributed by atoms with Gasteiger partial charge in [0.2, 0.25) is 5.91 Å². The maximum Gasteiger partial charge on any atom is 0.294 e. The van der Waals surface area contributed by atoms with E-state index in [0.29, 0.717) is 38.3 Å². The van der Waals surface area contributed by atoms with Gasteiger partial charge in [-0.2, -0.15) is 0 Å². The summed E-state index contributed by atoms with van der Waals surface area (Å²) in [5.74, 6) is -0.666. The molecule has 2 heterocycles. The van der Waals surface area contributed by atoms with Crippen molar-refractivity contribution in [3.8, 4) is 11.3 Å². The second-order valence-corrected chi connectivity index (χ2v) is 9.73. The van der Waals surface area contributed by atoms with Gasteiger partial charge in [0.25, 0.3) is 16.8 Å². The number of imide groups is 1. The van der Waals surface area contributed by atoms with Crippen molar-refractivity contribution < 1.29 is 23.7 Å². The third-order valence-electron chi connectivity index (χ3n) is 4.71. The minimum absolute atomic E-state index is 0.00790. The van der Waals surface area contributed by atoms with Gasteiger partial charge in [-0.25, -0.2) is 0 Å². The monoisotopic (exact) mass is 595 g/mol. The number of carbonyl (C=O) groups excluding carboxylic acids is 3. The van der Waals surface area contributed by atoms with E-state index in [1.807, 2.05) is 0 Å². The number of thioether (sulfide) groups is 1. The van der Waals surface area contributed by atoms with E-state index in [4.69, 9.17) is 27.6 Å². The van der Waals surface area contributed by atoms with Crippen molar-refractivity contribution >= 4 is 85.4 Å². The number of hydrogen-bond donors (Lipinski definition) is 1. The molecule has 4 rings (SSSR count). The lowest BCUT2D eigenvalue weighted by atomic mass is 10.1. The van der Waals surface area contributed by atoms with Gasteiger partial charge in [-0.1, -0.05) is 23.2 Å². The standard InChI is InChI=1S/C22H12BrCl2N3O6S/c23-14-4-2-12(8-16(14)25)26-20(29)10-27-21(30)19(35-22(27)31)9-13-3-6-18(34-13)11-1-5-15(24)17(7-11)28(32)33/h1-9H,10H2,(H,26,29)/b19-9+. The van der Waals surface area contributed by atoms with E-state index in [0.717, 1.165) is 4.90 Å². The molecular formula is C22H12BrCl2N3O6S. The summed E-state index contributed by atoms with van der Waals surface area (Å²) in [5, 5.41) is 13.5. The van der Waals surface area contributed by atoms with Crippen molar-refractivity contribution in [2.75, 3.05) is 11.9 Å².